The second-order valence-corrected chi connectivity index (χ2v) is 6.07. The first kappa shape index (κ1) is 16.0. The van der Waals surface area contributed by atoms with Crippen molar-refractivity contribution in [3.8, 4) is 0 Å². The van der Waals surface area contributed by atoms with Crippen LogP contribution in [-0.4, -0.2) is 20.2 Å². The van der Waals surface area contributed by atoms with E-state index in [2.05, 4.69) is 15.9 Å². The zero-order valence-corrected chi connectivity index (χ0v) is 14.1. The maximum atomic E-state index is 12.6. The van der Waals surface area contributed by atoms with Gasteiger partial charge in [-0.1, -0.05) is 22.9 Å². The summed E-state index contributed by atoms with van der Waals surface area (Å²) < 4.78 is 2.66. The molecule has 2 aromatic heterocycles. The summed E-state index contributed by atoms with van der Waals surface area (Å²) in [6, 6.07) is 0. The lowest BCUT2D eigenvalue weighted by Crippen LogP contribution is -2.39. The van der Waals surface area contributed by atoms with Crippen molar-refractivity contribution in [2.45, 2.75) is 38.7 Å². The molecule has 0 aliphatic heterocycles. The van der Waals surface area contributed by atoms with Crippen LogP contribution in [0.15, 0.2) is 9.59 Å². The van der Waals surface area contributed by atoms with Crippen LogP contribution < -0.4 is 11.2 Å². The number of rotatable bonds is 5. The fourth-order valence-electron chi connectivity index (χ4n) is 2.32. The second-order valence-electron chi connectivity index (χ2n) is 4.51. The van der Waals surface area contributed by atoms with Gasteiger partial charge in [-0.15, -0.1) is 11.3 Å². The number of carbonyl (C=O) groups is 1. The van der Waals surface area contributed by atoms with Crippen LogP contribution in [0.2, 0.25) is 0 Å². The van der Waals surface area contributed by atoms with Crippen molar-refractivity contribution in [3.05, 3.63) is 31.3 Å². The molecular weight excluding hydrogens is 360 g/mol. The van der Waals surface area contributed by atoms with Gasteiger partial charge in [0.05, 0.1) is 5.39 Å². The monoisotopic (exact) mass is 374 g/mol. The molecule has 21 heavy (non-hydrogen) atoms. The highest BCUT2D eigenvalue weighted by Gasteiger charge is 2.23. The normalized spacial score (nSPS) is 11.2. The van der Waals surface area contributed by atoms with Gasteiger partial charge in [0, 0.05) is 24.0 Å². The predicted octanol–water partition coefficient (Wildman–Crippen LogP) is 2.25. The highest BCUT2D eigenvalue weighted by atomic mass is 79.9. The molecule has 0 atom stereocenters. The Kier molecular flexibility index (Phi) is 4.67. The average molecular weight is 375 g/mol. The lowest BCUT2D eigenvalue weighted by Gasteiger charge is -2.09. The molecule has 1 N–H and O–H groups in total. The quantitative estimate of drug-likeness (QED) is 0.813. The van der Waals surface area contributed by atoms with E-state index in [1.165, 1.54) is 9.13 Å². The minimum absolute atomic E-state index is 0.106. The van der Waals surface area contributed by atoms with Gasteiger partial charge >= 0.3 is 11.7 Å². The molecular formula is C13H15BrN2O4S. The van der Waals surface area contributed by atoms with E-state index >= 15 is 0 Å². The van der Waals surface area contributed by atoms with Gasteiger partial charge in [0.15, 0.2) is 0 Å². The van der Waals surface area contributed by atoms with E-state index in [0.717, 1.165) is 11.3 Å². The molecule has 2 heterocycles. The van der Waals surface area contributed by atoms with Crippen molar-refractivity contribution in [1.29, 1.82) is 0 Å². The Balaban J connectivity index is 3.04. The van der Waals surface area contributed by atoms with Gasteiger partial charge in [-0.3, -0.25) is 13.9 Å². The van der Waals surface area contributed by atoms with Crippen LogP contribution in [0.1, 0.15) is 35.5 Å². The molecule has 6 nitrogen and oxygen atoms in total. The summed E-state index contributed by atoms with van der Waals surface area (Å²) in [5.41, 5.74) is -0.338. The fourth-order valence-corrected chi connectivity index (χ4v) is 4.27. The maximum absolute atomic E-state index is 12.6. The van der Waals surface area contributed by atoms with Gasteiger partial charge in [-0.05, 0) is 13.3 Å². The zero-order chi connectivity index (χ0) is 15.7. The molecule has 0 spiro atoms. The highest BCUT2D eigenvalue weighted by Crippen LogP contribution is 2.30. The predicted molar refractivity (Wildman–Crippen MR) is 85.9 cm³/mol. The minimum Gasteiger partial charge on any atom is -0.477 e. The summed E-state index contributed by atoms with van der Waals surface area (Å²) in [4.78, 5) is 36.8. The summed E-state index contributed by atoms with van der Waals surface area (Å²) in [6.07, 6.45) is 0.657. The van der Waals surface area contributed by atoms with Crippen molar-refractivity contribution in [3.63, 3.8) is 0 Å². The van der Waals surface area contributed by atoms with Crippen molar-refractivity contribution in [2.75, 3.05) is 0 Å². The number of aromatic carboxylic acids is 1. The Bertz CT molecular complexity index is 818. The molecule has 0 aliphatic carbocycles. The molecule has 0 bridgehead atoms. The van der Waals surface area contributed by atoms with Gasteiger partial charge < -0.3 is 5.11 Å². The molecule has 0 saturated carbocycles. The first-order valence-electron chi connectivity index (χ1n) is 6.56. The SMILES string of the molecule is CCCn1c(=O)c2c(CBr)c(C(=O)O)sc2n(CC)c1=O. The van der Waals surface area contributed by atoms with Crippen LogP contribution in [0, 0.1) is 0 Å². The average Bonchev–Trinajstić information content (AvgIpc) is 2.83. The smallest absolute Gasteiger partial charge is 0.346 e. The van der Waals surface area contributed by atoms with Gasteiger partial charge in [-0.25, -0.2) is 9.59 Å². The molecule has 114 valence electrons. The van der Waals surface area contributed by atoms with Crippen molar-refractivity contribution in [1.82, 2.24) is 9.13 Å². The third-order valence-corrected chi connectivity index (χ3v) is 5.05. The maximum Gasteiger partial charge on any atom is 0.346 e. The van der Waals surface area contributed by atoms with E-state index in [1.54, 1.807) is 6.92 Å². The summed E-state index contributed by atoms with van der Waals surface area (Å²) in [7, 11) is 0. The van der Waals surface area contributed by atoms with Crippen LogP contribution in [0.4, 0.5) is 0 Å². The molecule has 0 aromatic carbocycles. The Hall–Kier alpha value is -1.41. The van der Waals surface area contributed by atoms with Gasteiger partial charge in [-0.2, -0.15) is 0 Å². The van der Waals surface area contributed by atoms with Crippen LogP contribution in [0.5, 0.6) is 0 Å². The van der Waals surface area contributed by atoms with E-state index in [9.17, 15) is 19.5 Å². The van der Waals surface area contributed by atoms with Gasteiger partial charge in [0.25, 0.3) is 5.56 Å². The van der Waals surface area contributed by atoms with Crippen LogP contribution in [0.3, 0.4) is 0 Å². The second kappa shape index (κ2) is 6.15. The van der Waals surface area contributed by atoms with Crippen molar-refractivity contribution >= 4 is 43.5 Å². The standard InChI is InChI=1S/C13H15BrN2O4S/c1-3-5-16-10(17)8-7(6-14)9(12(18)19)21-11(8)15(4-2)13(16)20/h3-6H2,1-2H3,(H,18,19). The number of alkyl halides is 1. The van der Waals surface area contributed by atoms with Gasteiger partial charge in [0.1, 0.15) is 9.71 Å². The molecule has 0 fully saturated rings. The number of hydrogen-bond donors (Lipinski definition) is 1. The minimum atomic E-state index is -1.08. The first-order chi connectivity index (χ1) is 9.97. The molecule has 0 radical (unpaired) electrons. The number of carboxylic acids is 1. The number of halogens is 1. The zero-order valence-electron chi connectivity index (χ0n) is 11.7. The molecule has 0 aliphatic rings. The van der Waals surface area contributed by atoms with Crippen LogP contribution in [0.25, 0.3) is 10.2 Å². The summed E-state index contributed by atoms with van der Waals surface area (Å²) in [6.45, 7) is 4.40. The number of aromatic nitrogens is 2. The largest absolute Gasteiger partial charge is 0.477 e. The number of hydrogen-bond acceptors (Lipinski definition) is 4. The molecule has 0 saturated heterocycles. The first-order valence-corrected chi connectivity index (χ1v) is 8.49. The van der Waals surface area contributed by atoms with Crippen LogP contribution >= 0.6 is 27.3 Å². The molecule has 8 heteroatoms. The lowest BCUT2D eigenvalue weighted by molar-refractivity contribution is 0.0701. The van der Waals surface area contributed by atoms with Gasteiger partial charge in [0.2, 0.25) is 0 Å². The van der Waals surface area contributed by atoms with Crippen molar-refractivity contribution < 1.29 is 9.90 Å². The third kappa shape index (κ3) is 2.46. The Morgan fingerprint density at radius 3 is 2.43 bits per heavy atom. The highest BCUT2D eigenvalue weighted by molar-refractivity contribution is 9.08. The summed E-state index contributed by atoms with van der Waals surface area (Å²) in [5.74, 6) is -1.08. The molecule has 2 aromatic rings. The Morgan fingerprint density at radius 1 is 1.29 bits per heavy atom. The number of aryl methyl sites for hydroxylation is 1. The summed E-state index contributed by atoms with van der Waals surface area (Å²) in [5, 5.41) is 9.89. The van der Waals surface area contributed by atoms with E-state index in [-0.39, 0.29) is 15.9 Å². The number of nitrogens with zero attached hydrogens (tertiary/aromatic N) is 2. The molecule has 2 rings (SSSR count). The molecule has 0 amide bonds. The van der Waals surface area contributed by atoms with E-state index in [4.69, 9.17) is 0 Å². The third-order valence-electron chi connectivity index (χ3n) is 3.25. The van der Waals surface area contributed by atoms with E-state index in [0.29, 0.717) is 35.3 Å². The Labute approximate surface area is 132 Å². The number of carboxylic acid groups (broad SMARTS) is 1. The van der Waals surface area contributed by atoms with Crippen molar-refractivity contribution in [2.24, 2.45) is 0 Å². The summed E-state index contributed by atoms with van der Waals surface area (Å²) >= 11 is 4.23. The number of thiophene rings is 1. The van der Waals surface area contributed by atoms with E-state index in [1.807, 2.05) is 6.92 Å². The van der Waals surface area contributed by atoms with Crippen LogP contribution in [-0.2, 0) is 18.4 Å². The molecule has 0 unspecified atom stereocenters. The van der Waals surface area contributed by atoms with E-state index < -0.39 is 11.5 Å². The number of fused-ring (bicyclic) bond motifs is 1. The lowest BCUT2D eigenvalue weighted by atomic mass is 10.2. The topological polar surface area (TPSA) is 81.3 Å². The Morgan fingerprint density at radius 2 is 1.95 bits per heavy atom. The fraction of sp³-hybridized carbons (Fsp3) is 0.462.